The van der Waals surface area contributed by atoms with Crippen LogP contribution in [0.15, 0.2) is 30.3 Å². The van der Waals surface area contributed by atoms with Gasteiger partial charge in [-0.2, -0.15) is 0 Å². The molecule has 2 amide bonds. The van der Waals surface area contributed by atoms with Crippen molar-refractivity contribution in [2.75, 3.05) is 0 Å². The molecule has 0 spiro atoms. The summed E-state index contributed by atoms with van der Waals surface area (Å²) >= 11 is 1.13. The number of imide groups is 1. The molecule has 4 rings (SSSR count). The van der Waals surface area contributed by atoms with E-state index in [4.69, 9.17) is 4.74 Å². The Morgan fingerprint density at radius 1 is 1.15 bits per heavy atom. The fraction of sp³-hybridized carbons (Fsp3) is 0.381. The summed E-state index contributed by atoms with van der Waals surface area (Å²) in [6.45, 7) is 6.04. The maximum atomic E-state index is 12.2. The van der Waals surface area contributed by atoms with Crippen LogP contribution in [0, 0.1) is 19.8 Å². The SMILES string of the molecule is CCC1Cc2cc(Oc3cc(C)nc(C)c3)ccc2[C@@H]1C1SC(=O)NC1=O. The Hall–Kier alpha value is -2.34. The number of carbonyl (C=O) groups is 2. The lowest BCUT2D eigenvalue weighted by Gasteiger charge is -2.22. The van der Waals surface area contributed by atoms with Gasteiger partial charge in [-0.05, 0) is 49.4 Å². The number of aromatic nitrogens is 1. The van der Waals surface area contributed by atoms with Crippen LogP contribution in [0.3, 0.4) is 0 Å². The number of benzene rings is 1. The van der Waals surface area contributed by atoms with E-state index in [1.807, 2.05) is 32.0 Å². The largest absolute Gasteiger partial charge is 0.457 e. The minimum Gasteiger partial charge on any atom is -0.457 e. The number of carbonyl (C=O) groups excluding carboxylic acids is 2. The fourth-order valence-corrected chi connectivity index (χ4v) is 5.29. The number of ether oxygens (including phenoxy) is 1. The molecule has 2 aromatic rings. The van der Waals surface area contributed by atoms with Gasteiger partial charge in [0, 0.05) is 29.4 Å². The van der Waals surface area contributed by atoms with Gasteiger partial charge in [-0.3, -0.25) is 19.9 Å². The monoisotopic (exact) mass is 382 g/mol. The first kappa shape index (κ1) is 18.0. The van der Waals surface area contributed by atoms with Crippen LogP contribution >= 0.6 is 11.8 Å². The van der Waals surface area contributed by atoms with E-state index < -0.39 is 0 Å². The zero-order valence-corrected chi connectivity index (χ0v) is 16.4. The molecular weight excluding hydrogens is 360 g/mol. The van der Waals surface area contributed by atoms with Crippen LogP contribution in [0.5, 0.6) is 11.5 Å². The predicted molar refractivity (Wildman–Crippen MR) is 105 cm³/mol. The summed E-state index contributed by atoms with van der Waals surface area (Å²) < 4.78 is 6.05. The number of fused-ring (bicyclic) bond motifs is 1. The van der Waals surface area contributed by atoms with Gasteiger partial charge in [-0.1, -0.05) is 31.2 Å². The minimum atomic E-state index is -0.332. The van der Waals surface area contributed by atoms with Gasteiger partial charge in [0.05, 0.1) is 0 Å². The summed E-state index contributed by atoms with van der Waals surface area (Å²) in [4.78, 5) is 28.3. The van der Waals surface area contributed by atoms with Crippen molar-refractivity contribution in [3.05, 3.63) is 52.8 Å². The first-order chi connectivity index (χ1) is 12.9. The molecular formula is C21H22N2O3S. The molecule has 1 aromatic heterocycles. The number of aryl methyl sites for hydroxylation is 2. The molecule has 1 aliphatic carbocycles. The second-order valence-corrected chi connectivity index (χ2v) is 8.38. The Morgan fingerprint density at radius 3 is 2.52 bits per heavy atom. The van der Waals surface area contributed by atoms with Crippen LogP contribution in [-0.2, 0) is 11.2 Å². The molecule has 1 N–H and O–H groups in total. The Bertz CT molecular complexity index is 907. The van der Waals surface area contributed by atoms with Gasteiger partial charge < -0.3 is 4.74 Å². The highest BCUT2D eigenvalue weighted by Crippen LogP contribution is 2.47. The summed E-state index contributed by atoms with van der Waals surface area (Å²) in [6.07, 6.45) is 1.87. The average Bonchev–Trinajstić information content (AvgIpc) is 3.12. The van der Waals surface area contributed by atoms with Crippen molar-refractivity contribution in [1.82, 2.24) is 10.3 Å². The first-order valence-electron chi connectivity index (χ1n) is 9.22. The Kier molecular flexibility index (Phi) is 4.68. The molecule has 6 heteroatoms. The number of thioether (sulfide) groups is 1. The third-order valence-corrected chi connectivity index (χ3v) is 6.40. The molecule has 1 saturated heterocycles. The number of hydrogen-bond donors (Lipinski definition) is 1. The van der Waals surface area contributed by atoms with Crippen LogP contribution in [0.1, 0.15) is 41.8 Å². The fourth-order valence-electron chi connectivity index (χ4n) is 4.22. The van der Waals surface area contributed by atoms with E-state index in [0.717, 1.165) is 47.5 Å². The Labute approximate surface area is 162 Å². The van der Waals surface area contributed by atoms with Gasteiger partial charge in [-0.15, -0.1) is 0 Å². The van der Waals surface area contributed by atoms with Crippen molar-refractivity contribution in [2.24, 2.45) is 5.92 Å². The summed E-state index contributed by atoms with van der Waals surface area (Å²) in [5.74, 6) is 1.83. The smallest absolute Gasteiger partial charge is 0.286 e. The molecule has 2 heterocycles. The van der Waals surface area contributed by atoms with E-state index in [9.17, 15) is 9.59 Å². The third-order valence-electron chi connectivity index (χ3n) is 5.32. The first-order valence-corrected chi connectivity index (χ1v) is 10.1. The van der Waals surface area contributed by atoms with Gasteiger partial charge in [0.1, 0.15) is 16.7 Å². The molecule has 3 atom stereocenters. The van der Waals surface area contributed by atoms with Crippen molar-refractivity contribution in [2.45, 2.75) is 44.8 Å². The van der Waals surface area contributed by atoms with Crippen molar-refractivity contribution in [1.29, 1.82) is 0 Å². The maximum Gasteiger partial charge on any atom is 0.286 e. The lowest BCUT2D eigenvalue weighted by Crippen LogP contribution is -2.30. The van der Waals surface area contributed by atoms with Crippen molar-refractivity contribution < 1.29 is 14.3 Å². The zero-order chi connectivity index (χ0) is 19.1. The second-order valence-electron chi connectivity index (χ2n) is 7.26. The number of amides is 2. The summed E-state index contributed by atoms with van der Waals surface area (Å²) in [6, 6.07) is 9.92. The van der Waals surface area contributed by atoms with Crippen molar-refractivity contribution in [3.8, 4) is 11.5 Å². The quantitative estimate of drug-likeness (QED) is 0.843. The molecule has 5 nitrogen and oxygen atoms in total. The predicted octanol–water partition coefficient (Wildman–Crippen LogP) is 4.51. The molecule has 2 aliphatic rings. The zero-order valence-electron chi connectivity index (χ0n) is 15.6. The number of nitrogens with one attached hydrogen (secondary N) is 1. The molecule has 1 aromatic carbocycles. The highest BCUT2D eigenvalue weighted by atomic mass is 32.2. The molecule has 27 heavy (non-hydrogen) atoms. The average molecular weight is 382 g/mol. The van der Waals surface area contributed by atoms with E-state index in [1.165, 1.54) is 11.1 Å². The van der Waals surface area contributed by atoms with E-state index in [0.29, 0.717) is 5.92 Å². The molecule has 1 aliphatic heterocycles. The highest BCUT2D eigenvalue weighted by molar-refractivity contribution is 8.15. The summed E-state index contributed by atoms with van der Waals surface area (Å²) in [5, 5.41) is 1.86. The topological polar surface area (TPSA) is 68.3 Å². The number of hydrogen-bond acceptors (Lipinski definition) is 5. The van der Waals surface area contributed by atoms with Gasteiger partial charge in [0.15, 0.2) is 0 Å². The molecule has 0 radical (unpaired) electrons. The van der Waals surface area contributed by atoms with Crippen molar-refractivity contribution in [3.63, 3.8) is 0 Å². The molecule has 0 saturated carbocycles. The molecule has 1 fully saturated rings. The van der Waals surface area contributed by atoms with E-state index in [-0.39, 0.29) is 22.3 Å². The summed E-state index contributed by atoms with van der Waals surface area (Å²) in [5.41, 5.74) is 4.22. The van der Waals surface area contributed by atoms with E-state index in [1.54, 1.807) is 0 Å². The van der Waals surface area contributed by atoms with E-state index >= 15 is 0 Å². The lowest BCUT2D eigenvalue weighted by molar-refractivity contribution is -0.119. The number of pyridine rings is 1. The van der Waals surface area contributed by atoms with Crippen LogP contribution < -0.4 is 10.1 Å². The van der Waals surface area contributed by atoms with Gasteiger partial charge in [0.2, 0.25) is 5.91 Å². The second kappa shape index (κ2) is 7.00. The number of nitrogens with zero attached hydrogens (tertiary/aromatic N) is 1. The highest BCUT2D eigenvalue weighted by Gasteiger charge is 2.45. The summed E-state index contributed by atoms with van der Waals surface area (Å²) in [7, 11) is 0. The van der Waals surface area contributed by atoms with Crippen LogP contribution in [-0.4, -0.2) is 21.4 Å². The van der Waals surface area contributed by atoms with Crippen LogP contribution in [0.25, 0.3) is 0 Å². The van der Waals surface area contributed by atoms with E-state index in [2.05, 4.69) is 29.4 Å². The van der Waals surface area contributed by atoms with Crippen LogP contribution in [0.4, 0.5) is 4.79 Å². The molecule has 140 valence electrons. The number of rotatable bonds is 4. The van der Waals surface area contributed by atoms with Gasteiger partial charge in [-0.25, -0.2) is 0 Å². The van der Waals surface area contributed by atoms with Crippen molar-refractivity contribution >= 4 is 22.9 Å². The maximum absolute atomic E-state index is 12.2. The third kappa shape index (κ3) is 3.46. The lowest BCUT2D eigenvalue weighted by atomic mass is 9.87. The Morgan fingerprint density at radius 2 is 1.89 bits per heavy atom. The standard InChI is InChI=1S/C21H22N2O3S/c1-4-13-9-14-10-15(26-16-7-11(2)22-12(3)8-16)5-6-17(14)18(13)19-20(24)23-21(25)27-19/h5-8,10,13,18-19H,4,9H2,1-3H3,(H,23,24,25)/t13?,18-,19?/m1/s1. The normalized spacial score (nSPS) is 24.0. The molecule has 0 bridgehead atoms. The van der Waals surface area contributed by atoms with Gasteiger partial charge >= 0.3 is 0 Å². The van der Waals surface area contributed by atoms with Crippen LogP contribution in [0.2, 0.25) is 0 Å². The minimum absolute atomic E-state index is 0.0703. The molecule has 2 unspecified atom stereocenters. The Balaban J connectivity index is 1.63. The van der Waals surface area contributed by atoms with Gasteiger partial charge in [0.25, 0.3) is 5.24 Å².